The Morgan fingerprint density at radius 2 is 2.05 bits per heavy atom. The number of hydrogen-bond donors (Lipinski definition) is 1. The van der Waals surface area contributed by atoms with Crippen molar-refractivity contribution in [3.05, 3.63) is 29.6 Å². The summed E-state index contributed by atoms with van der Waals surface area (Å²) in [7, 11) is 0. The van der Waals surface area contributed by atoms with Gasteiger partial charge in [-0.25, -0.2) is 9.18 Å². The Morgan fingerprint density at radius 3 is 2.68 bits per heavy atom. The molecule has 1 aromatic rings. The summed E-state index contributed by atoms with van der Waals surface area (Å²) in [6.07, 6.45) is 0. The molecule has 0 fully saturated rings. The van der Waals surface area contributed by atoms with Crippen LogP contribution in [0, 0.1) is 12.7 Å². The number of rotatable bonds is 6. The van der Waals surface area contributed by atoms with Gasteiger partial charge in [-0.3, -0.25) is 4.79 Å². The van der Waals surface area contributed by atoms with Gasteiger partial charge in [0.2, 0.25) is 0 Å². The van der Waals surface area contributed by atoms with Crippen molar-refractivity contribution in [1.82, 2.24) is 0 Å². The SMILES string of the molecule is CCOCC(=O)OCC(=O)Nc1ccc(C)cc1F. The molecular weight excluding hydrogens is 253 g/mol. The highest BCUT2D eigenvalue weighted by Gasteiger charge is 2.10. The lowest BCUT2D eigenvalue weighted by atomic mass is 10.2. The van der Waals surface area contributed by atoms with Crippen LogP contribution in [0.3, 0.4) is 0 Å². The first kappa shape index (κ1) is 15.1. The van der Waals surface area contributed by atoms with Gasteiger partial charge in [0.05, 0.1) is 5.69 Å². The van der Waals surface area contributed by atoms with Crippen LogP contribution < -0.4 is 5.32 Å². The van der Waals surface area contributed by atoms with Gasteiger partial charge in [0.25, 0.3) is 5.91 Å². The monoisotopic (exact) mass is 269 g/mol. The lowest BCUT2D eigenvalue weighted by Crippen LogP contribution is -2.23. The first-order chi connectivity index (χ1) is 9.02. The van der Waals surface area contributed by atoms with Crippen LogP contribution in [0.25, 0.3) is 0 Å². The van der Waals surface area contributed by atoms with Crippen LogP contribution in [0.15, 0.2) is 18.2 Å². The van der Waals surface area contributed by atoms with E-state index in [1.165, 1.54) is 12.1 Å². The fourth-order valence-electron chi connectivity index (χ4n) is 1.28. The maximum atomic E-state index is 13.4. The average Bonchev–Trinajstić information content (AvgIpc) is 2.37. The molecule has 0 atom stereocenters. The molecule has 0 bridgehead atoms. The van der Waals surface area contributed by atoms with Crippen molar-refractivity contribution in [1.29, 1.82) is 0 Å². The maximum Gasteiger partial charge on any atom is 0.332 e. The number of anilines is 1. The van der Waals surface area contributed by atoms with Gasteiger partial charge in [-0.2, -0.15) is 0 Å². The molecule has 6 heteroatoms. The Balaban J connectivity index is 2.41. The summed E-state index contributed by atoms with van der Waals surface area (Å²) >= 11 is 0. The van der Waals surface area contributed by atoms with Crippen LogP contribution in [0.5, 0.6) is 0 Å². The lowest BCUT2D eigenvalue weighted by molar-refractivity contribution is -0.151. The topological polar surface area (TPSA) is 64.6 Å². The molecule has 0 spiro atoms. The van der Waals surface area contributed by atoms with Crippen LogP contribution >= 0.6 is 0 Å². The largest absolute Gasteiger partial charge is 0.454 e. The molecule has 0 heterocycles. The Labute approximate surface area is 110 Å². The van der Waals surface area contributed by atoms with Crippen molar-refractivity contribution in [3.8, 4) is 0 Å². The Kier molecular flexibility index (Phi) is 5.95. The molecular formula is C13H16FNO4. The summed E-state index contributed by atoms with van der Waals surface area (Å²) in [5.74, 6) is -1.78. The fraction of sp³-hybridized carbons (Fsp3) is 0.385. The number of halogens is 1. The molecule has 0 aliphatic heterocycles. The van der Waals surface area contributed by atoms with Crippen LogP contribution in [-0.2, 0) is 19.1 Å². The van der Waals surface area contributed by atoms with Crippen LogP contribution in [0.4, 0.5) is 10.1 Å². The number of esters is 1. The molecule has 0 unspecified atom stereocenters. The van der Waals surface area contributed by atoms with E-state index in [0.717, 1.165) is 5.56 Å². The van der Waals surface area contributed by atoms with E-state index in [0.29, 0.717) is 6.61 Å². The molecule has 1 aromatic carbocycles. The van der Waals surface area contributed by atoms with Crippen molar-refractivity contribution in [3.63, 3.8) is 0 Å². The van der Waals surface area contributed by atoms with Crippen molar-refractivity contribution < 1.29 is 23.5 Å². The first-order valence-electron chi connectivity index (χ1n) is 5.82. The number of carbonyl (C=O) groups excluding carboxylic acids is 2. The highest BCUT2D eigenvalue weighted by atomic mass is 19.1. The number of carbonyl (C=O) groups is 2. The molecule has 1 rings (SSSR count). The number of amides is 1. The van der Waals surface area contributed by atoms with Crippen LogP contribution in [-0.4, -0.2) is 31.7 Å². The first-order valence-corrected chi connectivity index (χ1v) is 5.82. The van der Waals surface area contributed by atoms with Crippen molar-refractivity contribution in [2.45, 2.75) is 13.8 Å². The summed E-state index contributed by atoms with van der Waals surface area (Å²) in [5, 5.41) is 2.32. The standard InChI is InChI=1S/C13H16FNO4/c1-3-18-8-13(17)19-7-12(16)15-11-5-4-9(2)6-10(11)14/h4-6H,3,7-8H2,1-2H3,(H,15,16). The molecule has 0 aromatic heterocycles. The number of hydrogen-bond acceptors (Lipinski definition) is 4. The predicted molar refractivity (Wildman–Crippen MR) is 67.2 cm³/mol. The van der Waals surface area contributed by atoms with E-state index in [-0.39, 0.29) is 12.3 Å². The Bertz CT molecular complexity index is 462. The third-order valence-electron chi connectivity index (χ3n) is 2.19. The average molecular weight is 269 g/mol. The zero-order valence-corrected chi connectivity index (χ0v) is 10.9. The van der Waals surface area contributed by atoms with E-state index in [1.54, 1.807) is 19.9 Å². The van der Waals surface area contributed by atoms with E-state index < -0.39 is 24.3 Å². The third-order valence-corrected chi connectivity index (χ3v) is 2.19. The molecule has 0 saturated carbocycles. The minimum absolute atomic E-state index is 0.0523. The second-order valence-electron chi connectivity index (χ2n) is 3.83. The Hall–Kier alpha value is -1.95. The zero-order valence-electron chi connectivity index (χ0n) is 10.9. The summed E-state index contributed by atoms with van der Waals surface area (Å²) in [6.45, 7) is 3.18. The number of benzene rings is 1. The molecule has 0 saturated heterocycles. The zero-order chi connectivity index (χ0) is 14.3. The van der Waals surface area contributed by atoms with E-state index in [9.17, 15) is 14.0 Å². The highest BCUT2D eigenvalue weighted by molar-refractivity contribution is 5.92. The van der Waals surface area contributed by atoms with E-state index in [2.05, 4.69) is 10.1 Å². The summed E-state index contributed by atoms with van der Waals surface area (Å²) in [6, 6.07) is 4.42. The van der Waals surface area contributed by atoms with Gasteiger partial charge in [-0.15, -0.1) is 0 Å². The third kappa shape index (κ3) is 5.48. The molecule has 0 aliphatic carbocycles. The highest BCUT2D eigenvalue weighted by Crippen LogP contribution is 2.14. The van der Waals surface area contributed by atoms with Crippen molar-refractivity contribution in [2.24, 2.45) is 0 Å². The molecule has 0 aliphatic rings. The van der Waals surface area contributed by atoms with Crippen LogP contribution in [0.2, 0.25) is 0 Å². The van der Waals surface area contributed by atoms with E-state index in [4.69, 9.17) is 4.74 Å². The second-order valence-corrected chi connectivity index (χ2v) is 3.83. The number of ether oxygens (including phenoxy) is 2. The van der Waals surface area contributed by atoms with E-state index >= 15 is 0 Å². The molecule has 1 amide bonds. The van der Waals surface area contributed by atoms with Gasteiger partial charge in [0.15, 0.2) is 6.61 Å². The number of nitrogens with one attached hydrogen (secondary N) is 1. The molecule has 104 valence electrons. The molecule has 19 heavy (non-hydrogen) atoms. The number of aryl methyl sites for hydroxylation is 1. The molecule has 5 nitrogen and oxygen atoms in total. The second kappa shape index (κ2) is 7.48. The fourth-order valence-corrected chi connectivity index (χ4v) is 1.28. The normalized spacial score (nSPS) is 10.1. The molecule has 1 N–H and O–H groups in total. The smallest absolute Gasteiger partial charge is 0.332 e. The molecule has 0 radical (unpaired) electrons. The lowest BCUT2D eigenvalue weighted by Gasteiger charge is -2.08. The van der Waals surface area contributed by atoms with Gasteiger partial charge in [0.1, 0.15) is 12.4 Å². The van der Waals surface area contributed by atoms with Crippen molar-refractivity contribution >= 4 is 17.6 Å². The van der Waals surface area contributed by atoms with Gasteiger partial charge >= 0.3 is 5.97 Å². The quantitative estimate of drug-likeness (QED) is 0.798. The van der Waals surface area contributed by atoms with Gasteiger partial charge < -0.3 is 14.8 Å². The Morgan fingerprint density at radius 1 is 1.32 bits per heavy atom. The maximum absolute atomic E-state index is 13.4. The van der Waals surface area contributed by atoms with Gasteiger partial charge in [-0.1, -0.05) is 6.07 Å². The van der Waals surface area contributed by atoms with Crippen LogP contribution in [0.1, 0.15) is 12.5 Å². The minimum atomic E-state index is -0.638. The van der Waals surface area contributed by atoms with Crippen molar-refractivity contribution in [2.75, 3.05) is 25.1 Å². The minimum Gasteiger partial charge on any atom is -0.454 e. The summed E-state index contributed by atoms with van der Waals surface area (Å²) in [5.41, 5.74) is 0.801. The predicted octanol–water partition coefficient (Wildman–Crippen LogP) is 1.65. The summed E-state index contributed by atoms with van der Waals surface area (Å²) in [4.78, 5) is 22.5. The van der Waals surface area contributed by atoms with Gasteiger partial charge in [0, 0.05) is 6.61 Å². The van der Waals surface area contributed by atoms with Gasteiger partial charge in [-0.05, 0) is 31.5 Å². The van der Waals surface area contributed by atoms with E-state index in [1.807, 2.05) is 0 Å². The summed E-state index contributed by atoms with van der Waals surface area (Å²) < 4.78 is 22.9.